The van der Waals surface area contributed by atoms with Gasteiger partial charge >= 0.3 is 0 Å². The molecule has 0 unspecified atom stereocenters. The highest BCUT2D eigenvalue weighted by molar-refractivity contribution is 7.94. The lowest BCUT2D eigenvalue weighted by atomic mass is 9.90. The quantitative estimate of drug-likeness (QED) is 0.824. The molecule has 2 aliphatic rings. The summed E-state index contributed by atoms with van der Waals surface area (Å²) in [5.74, 6) is 0. The Labute approximate surface area is 98.2 Å². The number of hydrogen-bond acceptors (Lipinski definition) is 3. The van der Waals surface area contributed by atoms with Crippen LogP contribution in [0.15, 0.2) is 0 Å². The van der Waals surface area contributed by atoms with Crippen molar-refractivity contribution >= 4 is 9.84 Å². The summed E-state index contributed by atoms with van der Waals surface area (Å²) < 4.78 is 24.4. The normalized spacial score (nSPS) is 26.5. The van der Waals surface area contributed by atoms with Crippen molar-refractivity contribution in [2.45, 2.75) is 62.4 Å². The highest BCUT2D eigenvalue weighted by atomic mass is 32.2. The Balaban J connectivity index is 2.34. The van der Waals surface area contributed by atoms with Gasteiger partial charge in [-0.3, -0.25) is 0 Å². The van der Waals surface area contributed by atoms with Crippen LogP contribution in [-0.2, 0) is 9.84 Å². The van der Waals surface area contributed by atoms with Crippen molar-refractivity contribution in [2.24, 2.45) is 5.41 Å². The Kier molecular flexibility index (Phi) is 2.49. The molecule has 0 bridgehead atoms. The maximum atomic E-state index is 12.7. The maximum Gasteiger partial charge on any atom is 0.162 e. The first-order chi connectivity index (χ1) is 7.22. The van der Waals surface area contributed by atoms with E-state index in [0.717, 1.165) is 25.7 Å². The summed E-state index contributed by atoms with van der Waals surface area (Å²) in [5, 5.41) is 9.03. The summed E-state index contributed by atoms with van der Waals surface area (Å²) in [5.41, 5.74) is -0.184. The van der Waals surface area contributed by atoms with Gasteiger partial charge in [0.05, 0.1) is 9.49 Å². The first-order valence-electron chi connectivity index (χ1n) is 6.08. The molecule has 0 saturated heterocycles. The average Bonchev–Trinajstić information content (AvgIpc) is 2.98. The van der Waals surface area contributed by atoms with E-state index in [1.165, 1.54) is 0 Å². The molecule has 2 saturated carbocycles. The molecule has 2 aliphatic carbocycles. The van der Waals surface area contributed by atoms with Gasteiger partial charge in [0.15, 0.2) is 9.84 Å². The van der Waals surface area contributed by atoms with Gasteiger partial charge in [0, 0.05) is 6.61 Å². The standard InChI is InChI=1S/C12H22O3S/c1-10(2,3)12(6-7-12)16(14,15)11(4-5-11)8-9-13/h13H,4-9H2,1-3H3. The topological polar surface area (TPSA) is 54.4 Å². The molecule has 0 spiro atoms. The fraction of sp³-hybridized carbons (Fsp3) is 1.00. The first-order valence-corrected chi connectivity index (χ1v) is 7.56. The van der Waals surface area contributed by atoms with Gasteiger partial charge in [0.25, 0.3) is 0 Å². The van der Waals surface area contributed by atoms with Crippen LogP contribution < -0.4 is 0 Å². The minimum atomic E-state index is -3.10. The largest absolute Gasteiger partial charge is 0.396 e. The molecule has 0 heterocycles. The molecule has 4 heteroatoms. The van der Waals surface area contributed by atoms with Gasteiger partial charge in [-0.15, -0.1) is 0 Å². The summed E-state index contributed by atoms with van der Waals surface area (Å²) in [6.07, 6.45) is 3.51. The van der Waals surface area contributed by atoms with Gasteiger partial charge in [0.2, 0.25) is 0 Å². The molecule has 0 aromatic carbocycles. The minimum Gasteiger partial charge on any atom is -0.396 e. The predicted octanol–water partition coefficient (Wildman–Crippen LogP) is 1.89. The number of aliphatic hydroxyl groups excluding tert-OH is 1. The zero-order chi connectivity index (χ0) is 12.2. The number of aliphatic hydroxyl groups is 1. The monoisotopic (exact) mass is 246 g/mol. The van der Waals surface area contributed by atoms with Crippen molar-refractivity contribution in [3.63, 3.8) is 0 Å². The fourth-order valence-corrected chi connectivity index (χ4v) is 6.22. The van der Waals surface area contributed by atoms with Crippen LogP contribution in [0.1, 0.15) is 52.9 Å². The van der Waals surface area contributed by atoms with Gasteiger partial charge in [0.1, 0.15) is 0 Å². The van der Waals surface area contributed by atoms with E-state index in [0.29, 0.717) is 6.42 Å². The Hall–Kier alpha value is -0.0900. The van der Waals surface area contributed by atoms with E-state index in [9.17, 15) is 8.42 Å². The van der Waals surface area contributed by atoms with Crippen LogP contribution in [0.5, 0.6) is 0 Å². The Morgan fingerprint density at radius 1 is 1.12 bits per heavy atom. The highest BCUT2D eigenvalue weighted by Crippen LogP contribution is 2.63. The van der Waals surface area contributed by atoms with E-state index in [1.54, 1.807) is 0 Å². The molecule has 16 heavy (non-hydrogen) atoms. The summed E-state index contributed by atoms with van der Waals surface area (Å²) in [6.45, 7) is 6.05. The lowest BCUT2D eigenvalue weighted by Crippen LogP contribution is -2.44. The van der Waals surface area contributed by atoms with Gasteiger partial charge in [-0.05, 0) is 37.5 Å². The molecular weight excluding hydrogens is 224 g/mol. The SMILES string of the molecule is CC(C)(C)C1(S(=O)(=O)C2(CCO)CC2)CC1. The van der Waals surface area contributed by atoms with E-state index >= 15 is 0 Å². The molecule has 0 atom stereocenters. The lowest BCUT2D eigenvalue weighted by molar-refractivity contribution is 0.280. The van der Waals surface area contributed by atoms with Gasteiger partial charge in [-0.25, -0.2) is 8.42 Å². The third kappa shape index (κ3) is 1.39. The van der Waals surface area contributed by atoms with E-state index in [1.807, 2.05) is 20.8 Å². The van der Waals surface area contributed by atoms with Gasteiger partial charge < -0.3 is 5.11 Å². The molecule has 0 aromatic rings. The Bertz CT molecular complexity index is 381. The van der Waals surface area contributed by atoms with E-state index in [-0.39, 0.29) is 12.0 Å². The summed E-state index contributed by atoms with van der Waals surface area (Å²) in [7, 11) is -3.10. The van der Waals surface area contributed by atoms with E-state index < -0.39 is 19.3 Å². The highest BCUT2D eigenvalue weighted by Gasteiger charge is 2.70. The molecule has 1 N–H and O–H groups in total. The number of hydrogen-bond donors (Lipinski definition) is 1. The molecule has 0 radical (unpaired) electrons. The van der Waals surface area contributed by atoms with Gasteiger partial charge in [-0.1, -0.05) is 20.8 Å². The molecule has 0 aliphatic heterocycles. The third-order valence-electron chi connectivity index (χ3n) is 4.53. The van der Waals surface area contributed by atoms with Crippen LogP contribution in [0.4, 0.5) is 0 Å². The summed E-state index contributed by atoms with van der Waals surface area (Å²) in [6, 6.07) is 0. The second-order valence-corrected chi connectivity index (χ2v) is 9.06. The maximum absolute atomic E-state index is 12.7. The van der Waals surface area contributed by atoms with Crippen molar-refractivity contribution in [2.75, 3.05) is 6.61 Å². The van der Waals surface area contributed by atoms with Crippen LogP contribution in [0.3, 0.4) is 0 Å². The molecule has 0 aromatic heterocycles. The fourth-order valence-electron chi connectivity index (χ4n) is 2.95. The Morgan fingerprint density at radius 3 is 1.88 bits per heavy atom. The van der Waals surface area contributed by atoms with Crippen molar-refractivity contribution in [3.05, 3.63) is 0 Å². The average molecular weight is 246 g/mol. The molecular formula is C12H22O3S. The van der Waals surface area contributed by atoms with Crippen molar-refractivity contribution in [3.8, 4) is 0 Å². The van der Waals surface area contributed by atoms with E-state index in [2.05, 4.69) is 0 Å². The molecule has 2 fully saturated rings. The second kappa shape index (κ2) is 3.22. The zero-order valence-corrected chi connectivity index (χ0v) is 11.2. The van der Waals surface area contributed by atoms with Crippen LogP contribution in [0.25, 0.3) is 0 Å². The van der Waals surface area contributed by atoms with Gasteiger partial charge in [-0.2, -0.15) is 0 Å². The summed E-state index contributed by atoms with van der Waals surface area (Å²) >= 11 is 0. The predicted molar refractivity (Wildman–Crippen MR) is 64.0 cm³/mol. The van der Waals surface area contributed by atoms with E-state index in [4.69, 9.17) is 5.11 Å². The molecule has 0 amide bonds. The first kappa shape index (κ1) is 12.4. The van der Waals surface area contributed by atoms with Crippen molar-refractivity contribution in [1.82, 2.24) is 0 Å². The number of sulfone groups is 1. The van der Waals surface area contributed by atoms with Crippen LogP contribution in [0.2, 0.25) is 0 Å². The summed E-state index contributed by atoms with van der Waals surface area (Å²) in [4.78, 5) is 0. The lowest BCUT2D eigenvalue weighted by Gasteiger charge is -2.34. The Morgan fingerprint density at radius 2 is 1.62 bits per heavy atom. The van der Waals surface area contributed by atoms with Crippen LogP contribution in [-0.4, -0.2) is 29.6 Å². The second-order valence-electron chi connectivity index (χ2n) is 6.40. The molecule has 94 valence electrons. The van der Waals surface area contributed by atoms with Crippen molar-refractivity contribution < 1.29 is 13.5 Å². The van der Waals surface area contributed by atoms with Crippen LogP contribution in [0, 0.1) is 5.41 Å². The third-order valence-corrected chi connectivity index (χ3v) is 8.33. The number of rotatable bonds is 4. The molecule has 3 nitrogen and oxygen atoms in total. The molecule has 2 rings (SSSR count). The zero-order valence-electron chi connectivity index (χ0n) is 10.4. The minimum absolute atomic E-state index is 0.0144. The smallest absolute Gasteiger partial charge is 0.162 e. The van der Waals surface area contributed by atoms with Crippen molar-refractivity contribution in [1.29, 1.82) is 0 Å². The van der Waals surface area contributed by atoms with Crippen LogP contribution >= 0.6 is 0 Å².